The second-order valence-corrected chi connectivity index (χ2v) is 5.14. The average molecular weight is 227 g/mol. The molecule has 1 aliphatic carbocycles. The lowest BCUT2D eigenvalue weighted by molar-refractivity contribution is 0.0414. The Hall–Kier alpha value is -0.120. The van der Waals surface area contributed by atoms with E-state index in [9.17, 15) is 0 Å². The van der Waals surface area contributed by atoms with Crippen molar-refractivity contribution in [2.24, 2.45) is 5.92 Å². The summed E-state index contributed by atoms with van der Waals surface area (Å²) < 4.78 is 10.9. The molecule has 2 aliphatic rings. The summed E-state index contributed by atoms with van der Waals surface area (Å²) in [5, 5.41) is 3.67. The third kappa shape index (κ3) is 3.44. The van der Waals surface area contributed by atoms with E-state index >= 15 is 0 Å². The van der Waals surface area contributed by atoms with Gasteiger partial charge in [-0.2, -0.15) is 0 Å². The fourth-order valence-corrected chi connectivity index (χ4v) is 2.90. The van der Waals surface area contributed by atoms with Gasteiger partial charge in [0.25, 0.3) is 0 Å². The van der Waals surface area contributed by atoms with E-state index < -0.39 is 0 Å². The quantitative estimate of drug-likeness (QED) is 0.779. The summed E-state index contributed by atoms with van der Waals surface area (Å²) in [6.45, 7) is 3.06. The molecule has 0 radical (unpaired) electrons. The Morgan fingerprint density at radius 2 is 2.12 bits per heavy atom. The fraction of sp³-hybridized carbons (Fsp3) is 1.00. The second-order valence-electron chi connectivity index (χ2n) is 5.14. The van der Waals surface area contributed by atoms with Crippen molar-refractivity contribution in [1.82, 2.24) is 5.32 Å². The third-order valence-electron chi connectivity index (χ3n) is 3.99. The molecule has 1 aliphatic heterocycles. The molecule has 2 fully saturated rings. The van der Waals surface area contributed by atoms with Gasteiger partial charge in [-0.05, 0) is 38.1 Å². The molecule has 0 aromatic rings. The van der Waals surface area contributed by atoms with Gasteiger partial charge in [0.2, 0.25) is 0 Å². The molecule has 94 valence electrons. The Labute approximate surface area is 98.9 Å². The van der Waals surface area contributed by atoms with Crippen LogP contribution in [0.25, 0.3) is 0 Å². The maximum atomic E-state index is 5.54. The van der Waals surface area contributed by atoms with Gasteiger partial charge in [-0.15, -0.1) is 0 Å². The molecular weight excluding hydrogens is 202 g/mol. The van der Waals surface area contributed by atoms with Crippen LogP contribution in [0.4, 0.5) is 0 Å². The number of hydrogen-bond donors (Lipinski definition) is 1. The van der Waals surface area contributed by atoms with E-state index in [-0.39, 0.29) is 0 Å². The lowest BCUT2D eigenvalue weighted by Crippen LogP contribution is -2.43. The van der Waals surface area contributed by atoms with Crippen LogP contribution in [-0.2, 0) is 9.47 Å². The predicted octanol–water partition coefficient (Wildman–Crippen LogP) is 1.96. The zero-order valence-corrected chi connectivity index (χ0v) is 10.4. The topological polar surface area (TPSA) is 30.5 Å². The summed E-state index contributed by atoms with van der Waals surface area (Å²) in [4.78, 5) is 0. The van der Waals surface area contributed by atoms with Crippen molar-refractivity contribution in [3.05, 3.63) is 0 Å². The Balaban J connectivity index is 1.63. The van der Waals surface area contributed by atoms with Crippen LogP contribution in [0.1, 0.15) is 38.5 Å². The van der Waals surface area contributed by atoms with Crippen LogP contribution in [-0.4, -0.2) is 39.0 Å². The van der Waals surface area contributed by atoms with E-state index in [4.69, 9.17) is 9.47 Å². The van der Waals surface area contributed by atoms with Gasteiger partial charge < -0.3 is 14.8 Å². The number of ether oxygens (including phenoxy) is 2. The van der Waals surface area contributed by atoms with Crippen LogP contribution >= 0.6 is 0 Å². The van der Waals surface area contributed by atoms with Crippen molar-refractivity contribution in [3.63, 3.8) is 0 Å². The minimum Gasteiger partial charge on any atom is -0.381 e. The first-order valence-electron chi connectivity index (χ1n) is 6.74. The van der Waals surface area contributed by atoms with Gasteiger partial charge >= 0.3 is 0 Å². The normalized spacial score (nSPS) is 35.4. The monoisotopic (exact) mass is 227 g/mol. The van der Waals surface area contributed by atoms with Gasteiger partial charge in [0.1, 0.15) is 0 Å². The molecule has 3 nitrogen and oxygen atoms in total. The molecule has 2 rings (SSSR count). The van der Waals surface area contributed by atoms with Crippen LogP contribution < -0.4 is 5.32 Å². The molecule has 0 aromatic carbocycles. The molecule has 3 heteroatoms. The van der Waals surface area contributed by atoms with E-state index in [0.717, 1.165) is 25.7 Å². The summed E-state index contributed by atoms with van der Waals surface area (Å²) in [5.74, 6) is 0.789. The van der Waals surface area contributed by atoms with Gasteiger partial charge in [-0.1, -0.05) is 12.8 Å². The summed E-state index contributed by atoms with van der Waals surface area (Å²) in [6.07, 6.45) is 8.12. The lowest BCUT2D eigenvalue weighted by Gasteiger charge is -2.31. The van der Waals surface area contributed by atoms with Crippen molar-refractivity contribution in [3.8, 4) is 0 Å². The fourth-order valence-electron chi connectivity index (χ4n) is 2.90. The number of hydrogen-bond acceptors (Lipinski definition) is 3. The summed E-state index contributed by atoms with van der Waals surface area (Å²) >= 11 is 0. The lowest BCUT2D eigenvalue weighted by atomic mass is 9.92. The average Bonchev–Trinajstić information content (AvgIpc) is 2.83. The smallest absolute Gasteiger partial charge is 0.0724 e. The Morgan fingerprint density at radius 3 is 2.88 bits per heavy atom. The highest BCUT2D eigenvalue weighted by Gasteiger charge is 2.24. The molecule has 1 heterocycles. The Bertz CT molecular complexity index is 192. The van der Waals surface area contributed by atoms with Gasteiger partial charge in [0.15, 0.2) is 0 Å². The summed E-state index contributed by atoms with van der Waals surface area (Å²) in [5.41, 5.74) is 0. The molecule has 0 amide bonds. The zero-order valence-electron chi connectivity index (χ0n) is 10.4. The van der Waals surface area contributed by atoms with E-state index in [0.29, 0.717) is 12.1 Å². The first-order valence-corrected chi connectivity index (χ1v) is 6.74. The van der Waals surface area contributed by atoms with E-state index in [1.807, 2.05) is 7.11 Å². The van der Waals surface area contributed by atoms with Crippen LogP contribution in [0.15, 0.2) is 0 Å². The predicted molar refractivity (Wildman–Crippen MR) is 64.6 cm³/mol. The van der Waals surface area contributed by atoms with Crippen molar-refractivity contribution < 1.29 is 9.47 Å². The minimum atomic E-state index is 0.438. The van der Waals surface area contributed by atoms with Crippen molar-refractivity contribution in [2.45, 2.75) is 50.7 Å². The van der Waals surface area contributed by atoms with Gasteiger partial charge in [-0.25, -0.2) is 0 Å². The highest BCUT2D eigenvalue weighted by Crippen LogP contribution is 2.21. The first kappa shape index (κ1) is 12.3. The maximum Gasteiger partial charge on any atom is 0.0724 e. The molecule has 0 aromatic heterocycles. The number of methoxy groups -OCH3 is 1. The van der Waals surface area contributed by atoms with Gasteiger partial charge in [0.05, 0.1) is 6.10 Å². The van der Waals surface area contributed by atoms with Crippen LogP contribution in [0.5, 0.6) is 0 Å². The van der Waals surface area contributed by atoms with Gasteiger partial charge in [-0.3, -0.25) is 0 Å². The highest BCUT2D eigenvalue weighted by atomic mass is 16.5. The molecular formula is C13H25NO2. The Kier molecular flexibility index (Phi) is 5.07. The molecule has 0 bridgehead atoms. The second kappa shape index (κ2) is 6.58. The molecule has 0 spiro atoms. The standard InChI is InChI=1S/C13H25NO2/c1-15-13-5-3-2-4-12(13)14-8-6-11-7-9-16-10-11/h11-14H,2-10H2,1H3. The van der Waals surface area contributed by atoms with Crippen molar-refractivity contribution in [2.75, 3.05) is 26.9 Å². The molecule has 1 saturated carbocycles. The van der Waals surface area contributed by atoms with Crippen molar-refractivity contribution >= 4 is 0 Å². The SMILES string of the molecule is COC1CCCCC1NCCC1CCOC1. The van der Waals surface area contributed by atoms with Crippen LogP contribution in [0, 0.1) is 5.92 Å². The number of rotatable bonds is 5. The third-order valence-corrected chi connectivity index (χ3v) is 3.99. The van der Waals surface area contributed by atoms with E-state index in [1.165, 1.54) is 38.5 Å². The molecule has 16 heavy (non-hydrogen) atoms. The van der Waals surface area contributed by atoms with E-state index in [2.05, 4.69) is 5.32 Å². The largest absolute Gasteiger partial charge is 0.381 e. The molecule has 1 N–H and O–H groups in total. The number of nitrogens with one attached hydrogen (secondary N) is 1. The molecule has 3 atom stereocenters. The minimum absolute atomic E-state index is 0.438. The zero-order chi connectivity index (χ0) is 11.2. The van der Waals surface area contributed by atoms with Crippen molar-refractivity contribution in [1.29, 1.82) is 0 Å². The van der Waals surface area contributed by atoms with Crippen LogP contribution in [0.2, 0.25) is 0 Å². The Morgan fingerprint density at radius 1 is 1.25 bits per heavy atom. The molecule has 1 saturated heterocycles. The first-order chi connectivity index (χ1) is 7.90. The van der Waals surface area contributed by atoms with E-state index in [1.54, 1.807) is 0 Å². The van der Waals surface area contributed by atoms with Crippen LogP contribution in [0.3, 0.4) is 0 Å². The van der Waals surface area contributed by atoms with Gasteiger partial charge in [0, 0.05) is 26.4 Å². The summed E-state index contributed by atoms with van der Waals surface area (Å²) in [7, 11) is 1.84. The summed E-state index contributed by atoms with van der Waals surface area (Å²) in [6, 6.07) is 0.584. The maximum absolute atomic E-state index is 5.54. The molecule has 3 unspecified atom stereocenters. The highest BCUT2D eigenvalue weighted by molar-refractivity contribution is 4.81.